The molecular weight excluding hydrogens is 328 g/mol. The Hall–Kier alpha value is -1.79. The highest BCUT2D eigenvalue weighted by atomic mass is 32.1. The number of ketones is 1. The first kappa shape index (κ1) is 14.8. The van der Waals surface area contributed by atoms with Crippen LogP contribution in [0.4, 0.5) is 0 Å². The first-order chi connectivity index (χ1) is 11.0. The second kappa shape index (κ2) is 5.39. The molecule has 0 atom stereocenters. The fraction of sp³-hybridized carbons (Fsp3) is 0.353. The topological polar surface area (TPSA) is 52.0 Å². The lowest BCUT2D eigenvalue weighted by Gasteiger charge is -2.05. The van der Waals surface area contributed by atoms with Crippen LogP contribution in [0.1, 0.15) is 37.0 Å². The number of hydrogen-bond acceptors (Lipinski definition) is 5. The first-order valence-electron chi connectivity index (χ1n) is 7.64. The summed E-state index contributed by atoms with van der Waals surface area (Å²) in [6, 6.07) is 1.90. The van der Waals surface area contributed by atoms with Crippen LogP contribution in [0.25, 0.3) is 10.2 Å². The smallest absolute Gasteiger partial charge is 0.262 e. The van der Waals surface area contributed by atoms with Crippen LogP contribution in [0.5, 0.6) is 0 Å². The number of aromatic nitrogens is 2. The SMILES string of the molecule is Cc1cc(C(=O)Cn2cnc3sc4c(c3c2=O)CCC4)c(C)s1. The number of carbonyl (C=O) groups is 1. The molecule has 3 aromatic heterocycles. The lowest BCUT2D eigenvalue weighted by atomic mass is 10.1. The monoisotopic (exact) mass is 344 g/mol. The second-order valence-corrected chi connectivity index (χ2v) is 8.51. The quantitative estimate of drug-likeness (QED) is 0.683. The highest BCUT2D eigenvalue weighted by molar-refractivity contribution is 7.18. The van der Waals surface area contributed by atoms with Gasteiger partial charge in [0, 0.05) is 20.2 Å². The van der Waals surface area contributed by atoms with Gasteiger partial charge in [-0.25, -0.2) is 4.98 Å². The highest BCUT2D eigenvalue weighted by Gasteiger charge is 2.22. The number of rotatable bonds is 3. The van der Waals surface area contributed by atoms with Crippen LogP contribution in [0.3, 0.4) is 0 Å². The number of fused-ring (bicyclic) bond motifs is 3. The lowest BCUT2D eigenvalue weighted by Crippen LogP contribution is -2.24. The Morgan fingerprint density at radius 2 is 2.13 bits per heavy atom. The summed E-state index contributed by atoms with van der Waals surface area (Å²) in [7, 11) is 0. The van der Waals surface area contributed by atoms with E-state index in [2.05, 4.69) is 4.98 Å². The maximum atomic E-state index is 12.8. The van der Waals surface area contributed by atoms with E-state index in [9.17, 15) is 9.59 Å². The average Bonchev–Trinajstić information content (AvgIpc) is 3.15. The predicted octanol–water partition coefficient (Wildman–Crippen LogP) is 3.51. The van der Waals surface area contributed by atoms with E-state index in [0.29, 0.717) is 0 Å². The molecule has 0 aromatic carbocycles. The minimum atomic E-state index is -0.0765. The third-order valence-electron chi connectivity index (χ3n) is 4.35. The number of aryl methyl sites for hydroxylation is 4. The molecule has 1 aliphatic carbocycles. The number of Topliss-reactive ketones (excluding diaryl/α,β-unsaturated/α-hetero) is 1. The molecule has 3 heterocycles. The van der Waals surface area contributed by atoms with E-state index in [4.69, 9.17) is 0 Å². The van der Waals surface area contributed by atoms with Crippen molar-refractivity contribution in [1.82, 2.24) is 9.55 Å². The molecular formula is C17H16N2O2S2. The van der Waals surface area contributed by atoms with Gasteiger partial charge in [-0.3, -0.25) is 14.2 Å². The number of hydrogen-bond donors (Lipinski definition) is 0. The zero-order valence-electron chi connectivity index (χ0n) is 13.0. The third kappa shape index (κ3) is 2.37. The maximum Gasteiger partial charge on any atom is 0.262 e. The molecule has 0 saturated heterocycles. The zero-order chi connectivity index (χ0) is 16.1. The zero-order valence-corrected chi connectivity index (χ0v) is 14.6. The molecule has 4 rings (SSSR count). The summed E-state index contributed by atoms with van der Waals surface area (Å²) in [5.74, 6) is -0.0259. The van der Waals surface area contributed by atoms with Crippen LogP contribution >= 0.6 is 22.7 Å². The largest absolute Gasteiger partial charge is 0.292 e. The van der Waals surface area contributed by atoms with Crippen molar-refractivity contribution in [2.45, 2.75) is 39.7 Å². The van der Waals surface area contributed by atoms with E-state index >= 15 is 0 Å². The summed E-state index contributed by atoms with van der Waals surface area (Å²) >= 11 is 3.23. The van der Waals surface area contributed by atoms with Gasteiger partial charge in [-0.1, -0.05) is 0 Å². The Kier molecular flexibility index (Phi) is 3.46. The molecule has 0 aliphatic heterocycles. The van der Waals surface area contributed by atoms with Gasteiger partial charge >= 0.3 is 0 Å². The van der Waals surface area contributed by atoms with E-state index in [0.717, 1.165) is 50.4 Å². The number of nitrogens with zero attached hydrogens (tertiary/aromatic N) is 2. The van der Waals surface area contributed by atoms with Crippen LogP contribution in [0.2, 0.25) is 0 Å². The molecule has 4 nitrogen and oxygen atoms in total. The molecule has 0 spiro atoms. The van der Waals surface area contributed by atoms with Gasteiger partial charge in [0.25, 0.3) is 5.56 Å². The second-order valence-electron chi connectivity index (χ2n) is 5.97. The Balaban J connectivity index is 1.75. The van der Waals surface area contributed by atoms with Gasteiger partial charge in [-0.2, -0.15) is 0 Å². The number of carbonyl (C=O) groups excluding carboxylic acids is 1. The van der Waals surface area contributed by atoms with Crippen molar-refractivity contribution < 1.29 is 4.79 Å². The van der Waals surface area contributed by atoms with E-state index in [1.165, 1.54) is 15.8 Å². The Morgan fingerprint density at radius 3 is 2.87 bits per heavy atom. The summed E-state index contributed by atoms with van der Waals surface area (Å²) in [6.45, 7) is 3.99. The fourth-order valence-corrected chi connectivity index (χ4v) is 5.44. The molecule has 0 radical (unpaired) electrons. The van der Waals surface area contributed by atoms with Crippen molar-refractivity contribution in [2.75, 3.05) is 0 Å². The minimum Gasteiger partial charge on any atom is -0.292 e. The van der Waals surface area contributed by atoms with Crippen molar-refractivity contribution in [2.24, 2.45) is 0 Å². The molecule has 0 unspecified atom stereocenters. The van der Waals surface area contributed by atoms with Gasteiger partial charge in [0.2, 0.25) is 0 Å². The summed E-state index contributed by atoms with van der Waals surface area (Å²) in [5, 5.41) is 0.732. The summed E-state index contributed by atoms with van der Waals surface area (Å²) < 4.78 is 1.46. The van der Waals surface area contributed by atoms with Crippen LogP contribution in [-0.4, -0.2) is 15.3 Å². The summed E-state index contributed by atoms with van der Waals surface area (Å²) in [5.41, 5.74) is 1.80. The summed E-state index contributed by atoms with van der Waals surface area (Å²) in [6.07, 6.45) is 4.62. The van der Waals surface area contributed by atoms with Crippen molar-refractivity contribution in [3.63, 3.8) is 0 Å². The van der Waals surface area contributed by atoms with Gasteiger partial charge in [0.15, 0.2) is 5.78 Å². The van der Waals surface area contributed by atoms with Crippen molar-refractivity contribution >= 4 is 38.7 Å². The van der Waals surface area contributed by atoms with E-state index in [1.807, 2.05) is 19.9 Å². The molecule has 6 heteroatoms. The molecule has 23 heavy (non-hydrogen) atoms. The standard InChI is InChI=1S/C17H16N2O2S2/c1-9-6-12(10(2)22-9)13(20)7-19-8-18-16-15(17(19)21)11-4-3-5-14(11)23-16/h6,8H,3-5,7H2,1-2H3. The fourth-order valence-electron chi connectivity index (χ4n) is 3.28. The Bertz CT molecular complexity index is 994. The van der Waals surface area contributed by atoms with Gasteiger partial charge in [-0.15, -0.1) is 22.7 Å². The van der Waals surface area contributed by atoms with Crippen LogP contribution in [0, 0.1) is 13.8 Å². The molecule has 1 aliphatic rings. The van der Waals surface area contributed by atoms with E-state index in [1.54, 1.807) is 22.7 Å². The van der Waals surface area contributed by atoms with Gasteiger partial charge in [0.1, 0.15) is 4.83 Å². The van der Waals surface area contributed by atoms with E-state index < -0.39 is 0 Å². The van der Waals surface area contributed by atoms with Crippen molar-refractivity contribution in [3.8, 4) is 0 Å². The van der Waals surface area contributed by atoms with Crippen LogP contribution < -0.4 is 5.56 Å². The molecule has 0 amide bonds. The molecule has 0 saturated carbocycles. The molecule has 0 fully saturated rings. The third-order valence-corrected chi connectivity index (χ3v) is 6.51. The summed E-state index contributed by atoms with van der Waals surface area (Å²) in [4.78, 5) is 33.9. The van der Waals surface area contributed by atoms with Crippen molar-refractivity contribution in [3.05, 3.63) is 48.5 Å². The van der Waals surface area contributed by atoms with Crippen LogP contribution in [-0.2, 0) is 19.4 Å². The minimum absolute atomic E-state index is 0.0259. The Morgan fingerprint density at radius 1 is 1.30 bits per heavy atom. The lowest BCUT2D eigenvalue weighted by molar-refractivity contribution is 0.0970. The molecule has 118 valence electrons. The van der Waals surface area contributed by atoms with Gasteiger partial charge < -0.3 is 0 Å². The van der Waals surface area contributed by atoms with E-state index in [-0.39, 0.29) is 17.9 Å². The maximum absolute atomic E-state index is 12.8. The highest BCUT2D eigenvalue weighted by Crippen LogP contribution is 2.34. The normalized spacial score (nSPS) is 13.7. The average molecular weight is 344 g/mol. The molecule has 0 bridgehead atoms. The predicted molar refractivity (Wildman–Crippen MR) is 94.0 cm³/mol. The van der Waals surface area contributed by atoms with Crippen molar-refractivity contribution in [1.29, 1.82) is 0 Å². The first-order valence-corrected chi connectivity index (χ1v) is 9.28. The molecule has 3 aromatic rings. The van der Waals surface area contributed by atoms with Crippen LogP contribution in [0.15, 0.2) is 17.2 Å². The van der Waals surface area contributed by atoms with Gasteiger partial charge in [-0.05, 0) is 44.7 Å². The number of thiophene rings is 2. The Labute approximate surface area is 141 Å². The van der Waals surface area contributed by atoms with Gasteiger partial charge in [0.05, 0.1) is 18.3 Å². The molecule has 0 N–H and O–H groups in total.